The van der Waals surface area contributed by atoms with Crippen LogP contribution in [0.4, 0.5) is 0 Å². The number of ketones is 1. The molecule has 1 unspecified atom stereocenters. The molecule has 1 amide bonds. The van der Waals surface area contributed by atoms with Crippen molar-refractivity contribution >= 4 is 22.7 Å². The van der Waals surface area contributed by atoms with Crippen LogP contribution in [-0.2, 0) is 11.3 Å². The summed E-state index contributed by atoms with van der Waals surface area (Å²) < 4.78 is 5.73. The van der Waals surface area contributed by atoms with Gasteiger partial charge in [-0.25, -0.2) is 0 Å². The van der Waals surface area contributed by atoms with Crippen molar-refractivity contribution in [3.8, 4) is 0 Å². The zero-order valence-electron chi connectivity index (χ0n) is 16.4. The van der Waals surface area contributed by atoms with E-state index in [1.807, 2.05) is 48.5 Å². The maximum Gasteiger partial charge on any atom is 0.290 e. The summed E-state index contributed by atoms with van der Waals surface area (Å²) in [7, 11) is 0. The van der Waals surface area contributed by atoms with Crippen molar-refractivity contribution in [1.29, 1.82) is 0 Å². The first kappa shape index (κ1) is 18.8. The molecule has 152 valence electrons. The first-order valence-corrected chi connectivity index (χ1v) is 9.84. The minimum Gasteiger partial charge on any atom is -0.503 e. The van der Waals surface area contributed by atoms with Gasteiger partial charge in [0.15, 0.2) is 11.5 Å². The van der Waals surface area contributed by atoms with E-state index in [0.717, 1.165) is 16.5 Å². The molecule has 1 N–H and O–H groups in total. The average Bonchev–Trinajstić information content (AvgIpc) is 3.35. The molecule has 0 fully saturated rings. The summed E-state index contributed by atoms with van der Waals surface area (Å²) in [5.74, 6) is -1.56. The summed E-state index contributed by atoms with van der Waals surface area (Å²) in [5.41, 5.74) is 2.16. The Bertz CT molecular complexity index is 1280. The Hall–Kier alpha value is -4.19. The van der Waals surface area contributed by atoms with Crippen LogP contribution in [0, 0.1) is 0 Å². The van der Waals surface area contributed by atoms with Crippen LogP contribution in [0.1, 0.15) is 27.7 Å². The third-order valence-electron chi connectivity index (χ3n) is 5.42. The average molecular weight is 410 g/mol. The molecular formula is C25H18N2O4. The SMILES string of the molecule is O=C(C1=C(O)C(=O)N(Cc2ccncc2)C1c1ccccc1)c1cc2ccccc2o1. The van der Waals surface area contributed by atoms with E-state index in [0.29, 0.717) is 5.58 Å². The number of fused-ring (bicyclic) bond motifs is 1. The molecule has 1 atom stereocenters. The largest absolute Gasteiger partial charge is 0.503 e. The van der Waals surface area contributed by atoms with Crippen LogP contribution in [-0.4, -0.2) is 26.7 Å². The Morgan fingerprint density at radius 1 is 1.00 bits per heavy atom. The van der Waals surface area contributed by atoms with Crippen LogP contribution in [0.25, 0.3) is 11.0 Å². The van der Waals surface area contributed by atoms with Crippen LogP contribution in [0.3, 0.4) is 0 Å². The number of amides is 1. The summed E-state index contributed by atoms with van der Waals surface area (Å²) in [6, 6.07) is 21.0. The van der Waals surface area contributed by atoms with Gasteiger partial charge in [0.2, 0.25) is 5.78 Å². The molecule has 4 aromatic rings. The molecule has 2 aromatic heterocycles. The number of para-hydroxylation sites is 1. The quantitative estimate of drug-likeness (QED) is 0.486. The number of rotatable bonds is 5. The fourth-order valence-corrected chi connectivity index (χ4v) is 3.94. The van der Waals surface area contributed by atoms with E-state index in [1.165, 1.54) is 4.90 Å². The molecule has 0 saturated carbocycles. The lowest BCUT2D eigenvalue weighted by Gasteiger charge is -2.26. The van der Waals surface area contributed by atoms with Crippen LogP contribution >= 0.6 is 0 Å². The second-order valence-corrected chi connectivity index (χ2v) is 7.34. The summed E-state index contributed by atoms with van der Waals surface area (Å²) in [6.45, 7) is 0.224. The Labute approximate surface area is 178 Å². The van der Waals surface area contributed by atoms with Gasteiger partial charge < -0.3 is 14.4 Å². The number of hydrogen-bond donors (Lipinski definition) is 1. The molecule has 2 aromatic carbocycles. The third kappa shape index (κ3) is 3.28. The topological polar surface area (TPSA) is 83.6 Å². The van der Waals surface area contributed by atoms with Gasteiger partial charge in [-0.15, -0.1) is 0 Å². The maximum absolute atomic E-state index is 13.5. The number of hydrogen-bond acceptors (Lipinski definition) is 5. The first-order valence-electron chi connectivity index (χ1n) is 9.84. The number of benzene rings is 2. The molecule has 1 aliphatic heterocycles. The maximum atomic E-state index is 13.5. The van der Waals surface area contributed by atoms with Gasteiger partial charge in [-0.2, -0.15) is 0 Å². The fraction of sp³-hybridized carbons (Fsp3) is 0.0800. The van der Waals surface area contributed by atoms with E-state index in [2.05, 4.69) is 4.98 Å². The van der Waals surface area contributed by atoms with Crippen LogP contribution in [0.15, 0.2) is 101 Å². The van der Waals surface area contributed by atoms with Gasteiger partial charge in [0, 0.05) is 24.3 Å². The Balaban J connectivity index is 1.59. The van der Waals surface area contributed by atoms with Crippen molar-refractivity contribution in [2.45, 2.75) is 12.6 Å². The number of pyridine rings is 1. The molecular weight excluding hydrogens is 392 g/mol. The van der Waals surface area contributed by atoms with E-state index in [4.69, 9.17) is 4.42 Å². The predicted octanol–water partition coefficient (Wildman–Crippen LogP) is 4.61. The summed E-state index contributed by atoms with van der Waals surface area (Å²) in [4.78, 5) is 32.0. The molecule has 0 radical (unpaired) electrons. The molecule has 5 rings (SSSR count). The number of carbonyl (C=O) groups is 2. The molecule has 0 aliphatic carbocycles. The lowest BCUT2D eigenvalue weighted by Crippen LogP contribution is -2.30. The van der Waals surface area contributed by atoms with E-state index >= 15 is 0 Å². The molecule has 31 heavy (non-hydrogen) atoms. The molecule has 6 nitrogen and oxygen atoms in total. The number of nitrogens with zero attached hydrogens (tertiary/aromatic N) is 2. The van der Waals surface area contributed by atoms with Gasteiger partial charge in [0.1, 0.15) is 5.58 Å². The van der Waals surface area contributed by atoms with Crippen molar-refractivity contribution in [3.05, 3.63) is 113 Å². The van der Waals surface area contributed by atoms with E-state index in [1.54, 1.807) is 36.7 Å². The Morgan fingerprint density at radius 3 is 2.45 bits per heavy atom. The molecule has 0 saturated heterocycles. The normalized spacial score (nSPS) is 16.3. The highest BCUT2D eigenvalue weighted by Gasteiger charge is 2.44. The third-order valence-corrected chi connectivity index (χ3v) is 5.42. The van der Waals surface area contributed by atoms with E-state index in [9.17, 15) is 14.7 Å². The minimum absolute atomic E-state index is 0.0179. The summed E-state index contributed by atoms with van der Waals surface area (Å²) in [5, 5.41) is 11.5. The van der Waals surface area contributed by atoms with E-state index < -0.39 is 23.5 Å². The number of aliphatic hydroxyl groups is 1. The van der Waals surface area contributed by atoms with Crippen molar-refractivity contribution in [2.75, 3.05) is 0 Å². The zero-order valence-corrected chi connectivity index (χ0v) is 16.4. The zero-order chi connectivity index (χ0) is 21.4. The molecule has 6 heteroatoms. The van der Waals surface area contributed by atoms with Crippen molar-refractivity contribution in [3.63, 3.8) is 0 Å². The number of aliphatic hydroxyl groups excluding tert-OH is 1. The fourth-order valence-electron chi connectivity index (χ4n) is 3.94. The highest BCUT2D eigenvalue weighted by molar-refractivity contribution is 6.16. The lowest BCUT2D eigenvalue weighted by atomic mass is 9.95. The van der Waals surface area contributed by atoms with Crippen LogP contribution in [0.5, 0.6) is 0 Å². The van der Waals surface area contributed by atoms with Gasteiger partial charge in [0.25, 0.3) is 5.91 Å². The van der Waals surface area contributed by atoms with Gasteiger partial charge in [0.05, 0.1) is 11.6 Å². The first-order chi connectivity index (χ1) is 15.1. The number of aromatic nitrogens is 1. The van der Waals surface area contributed by atoms with Gasteiger partial charge in [-0.3, -0.25) is 14.6 Å². The highest BCUT2D eigenvalue weighted by Crippen LogP contribution is 2.40. The Morgan fingerprint density at radius 2 is 1.71 bits per heavy atom. The van der Waals surface area contributed by atoms with Gasteiger partial charge >= 0.3 is 0 Å². The summed E-state index contributed by atoms with van der Waals surface area (Å²) in [6.07, 6.45) is 3.28. The molecule has 3 heterocycles. The van der Waals surface area contributed by atoms with Crippen LogP contribution < -0.4 is 0 Å². The monoisotopic (exact) mass is 410 g/mol. The lowest BCUT2D eigenvalue weighted by molar-refractivity contribution is -0.130. The van der Waals surface area contributed by atoms with E-state index in [-0.39, 0.29) is 17.9 Å². The van der Waals surface area contributed by atoms with Crippen molar-refractivity contribution < 1.29 is 19.1 Å². The smallest absolute Gasteiger partial charge is 0.290 e. The number of Topliss-reactive ketones (excluding diaryl/α,β-unsaturated/α-hetero) is 1. The highest BCUT2D eigenvalue weighted by atomic mass is 16.3. The number of carbonyl (C=O) groups excluding carboxylic acids is 2. The van der Waals surface area contributed by atoms with Gasteiger partial charge in [-0.1, -0.05) is 48.5 Å². The second kappa shape index (κ2) is 7.57. The second-order valence-electron chi connectivity index (χ2n) is 7.34. The molecule has 0 spiro atoms. The standard InChI is InChI=1S/C25H18N2O4/c28-23(20-14-18-8-4-5-9-19(18)31-20)21-22(17-6-2-1-3-7-17)27(25(30)24(21)29)15-16-10-12-26-13-11-16/h1-14,22,29H,15H2. The predicted molar refractivity (Wildman–Crippen MR) is 114 cm³/mol. The van der Waals surface area contributed by atoms with Crippen molar-refractivity contribution in [2.24, 2.45) is 0 Å². The summed E-state index contributed by atoms with van der Waals surface area (Å²) >= 11 is 0. The Kier molecular flexibility index (Phi) is 4.59. The van der Waals surface area contributed by atoms with Crippen molar-refractivity contribution in [1.82, 2.24) is 9.88 Å². The molecule has 1 aliphatic rings. The van der Waals surface area contributed by atoms with Gasteiger partial charge in [-0.05, 0) is 35.4 Å². The van der Waals surface area contributed by atoms with Crippen LogP contribution in [0.2, 0.25) is 0 Å². The number of furan rings is 1. The minimum atomic E-state index is -0.734. The molecule has 0 bridgehead atoms.